The van der Waals surface area contributed by atoms with Crippen molar-refractivity contribution in [1.82, 2.24) is 19.7 Å². The van der Waals surface area contributed by atoms with Crippen LogP contribution >= 0.6 is 0 Å². The first-order chi connectivity index (χ1) is 13.8. The fourth-order valence-electron chi connectivity index (χ4n) is 3.91. The zero-order chi connectivity index (χ0) is 20.6. The molecule has 1 aromatic carbocycles. The van der Waals surface area contributed by atoms with Gasteiger partial charge in [-0.3, -0.25) is 0 Å². The van der Waals surface area contributed by atoms with E-state index in [0.29, 0.717) is 6.54 Å². The van der Waals surface area contributed by atoms with Crippen LogP contribution in [0.1, 0.15) is 50.7 Å². The molecule has 6 heteroatoms. The van der Waals surface area contributed by atoms with Crippen LogP contribution in [0.15, 0.2) is 42.9 Å². The predicted octanol–water partition coefficient (Wildman–Crippen LogP) is 4.84. The minimum Gasteiger partial charge on any atom is -0.444 e. The number of likely N-dealkylation sites (tertiary alicyclic amines) is 1. The van der Waals surface area contributed by atoms with Crippen LogP contribution in [0.4, 0.5) is 4.79 Å². The molecule has 0 saturated carbocycles. The lowest BCUT2D eigenvalue weighted by atomic mass is 9.93. The van der Waals surface area contributed by atoms with Crippen LogP contribution in [0.5, 0.6) is 0 Å². The zero-order valence-electron chi connectivity index (χ0n) is 17.6. The maximum Gasteiger partial charge on any atom is 0.410 e. The third kappa shape index (κ3) is 4.11. The van der Waals surface area contributed by atoms with Gasteiger partial charge in [0.1, 0.15) is 5.60 Å². The van der Waals surface area contributed by atoms with Gasteiger partial charge < -0.3 is 9.64 Å². The average molecular weight is 393 g/mol. The van der Waals surface area contributed by atoms with Gasteiger partial charge in [0, 0.05) is 36.8 Å². The topological polar surface area (TPSA) is 60.2 Å². The van der Waals surface area contributed by atoms with Gasteiger partial charge in [-0.2, -0.15) is 5.10 Å². The van der Waals surface area contributed by atoms with E-state index in [-0.39, 0.29) is 12.0 Å². The number of ether oxygens (including phenoxy) is 1. The molecule has 1 aliphatic rings. The van der Waals surface area contributed by atoms with Gasteiger partial charge in [0.15, 0.2) is 5.82 Å². The number of fused-ring (bicyclic) bond motifs is 1. The number of hydrogen-bond donors (Lipinski definition) is 0. The molecule has 1 amide bonds. The van der Waals surface area contributed by atoms with Gasteiger partial charge in [0.05, 0.1) is 6.20 Å². The highest BCUT2D eigenvalue weighted by molar-refractivity contribution is 5.90. The number of carbonyl (C=O) groups excluding carboxylic acids is 1. The number of pyridine rings is 1. The fraction of sp³-hybridized carbons (Fsp3) is 0.435. The summed E-state index contributed by atoms with van der Waals surface area (Å²) in [5.74, 6) is 1.08. The first kappa shape index (κ1) is 19.4. The number of carbonyl (C=O) groups is 1. The molecule has 0 bridgehead atoms. The molecule has 0 spiro atoms. The quantitative estimate of drug-likeness (QED) is 0.626. The molecule has 152 valence electrons. The van der Waals surface area contributed by atoms with Crippen LogP contribution in [0, 0.1) is 6.92 Å². The summed E-state index contributed by atoms with van der Waals surface area (Å²) in [6, 6.07) is 8.26. The van der Waals surface area contributed by atoms with Gasteiger partial charge in [-0.05, 0) is 57.0 Å². The molecule has 1 saturated heterocycles. The van der Waals surface area contributed by atoms with Crippen molar-refractivity contribution >= 4 is 16.9 Å². The van der Waals surface area contributed by atoms with Crippen molar-refractivity contribution in [3.05, 3.63) is 54.0 Å². The van der Waals surface area contributed by atoms with Crippen molar-refractivity contribution in [3.63, 3.8) is 0 Å². The van der Waals surface area contributed by atoms with Gasteiger partial charge in [-0.25, -0.2) is 14.5 Å². The predicted molar refractivity (Wildman–Crippen MR) is 113 cm³/mol. The Balaban J connectivity index is 1.57. The van der Waals surface area contributed by atoms with Crippen molar-refractivity contribution in [2.45, 2.75) is 52.1 Å². The highest BCUT2D eigenvalue weighted by Crippen LogP contribution is 2.29. The Kier molecular flexibility index (Phi) is 5.03. The Hall–Kier alpha value is -2.89. The summed E-state index contributed by atoms with van der Waals surface area (Å²) in [5.41, 5.74) is 1.80. The van der Waals surface area contributed by atoms with Crippen LogP contribution < -0.4 is 0 Å². The molecule has 0 radical (unpaired) electrons. The number of piperidine rings is 1. The lowest BCUT2D eigenvalue weighted by Crippen LogP contribution is -2.42. The van der Waals surface area contributed by atoms with E-state index in [9.17, 15) is 4.79 Å². The Bertz CT molecular complexity index is 1030. The van der Waals surface area contributed by atoms with E-state index < -0.39 is 5.60 Å². The maximum atomic E-state index is 12.5. The largest absolute Gasteiger partial charge is 0.444 e. The molecule has 1 aliphatic heterocycles. The molecule has 4 rings (SSSR count). The minimum absolute atomic E-state index is 0.235. The molecule has 3 aromatic rings. The number of aryl methyl sites for hydroxylation is 1. The SMILES string of the molecule is Cc1cnc(-n2cc(C3CCCN(C(=O)OC(C)(C)C)C3)cn2)c2ccccc12. The second kappa shape index (κ2) is 7.50. The van der Waals surface area contributed by atoms with Gasteiger partial charge in [-0.1, -0.05) is 24.3 Å². The summed E-state index contributed by atoms with van der Waals surface area (Å²) in [6.07, 6.45) is 7.60. The summed E-state index contributed by atoms with van der Waals surface area (Å²) < 4.78 is 7.40. The van der Waals surface area contributed by atoms with E-state index in [2.05, 4.69) is 29.1 Å². The first-order valence-electron chi connectivity index (χ1n) is 10.2. The number of benzene rings is 1. The maximum absolute atomic E-state index is 12.5. The molecule has 29 heavy (non-hydrogen) atoms. The van der Waals surface area contributed by atoms with Crippen molar-refractivity contribution in [1.29, 1.82) is 0 Å². The molecular weight excluding hydrogens is 364 g/mol. The number of aromatic nitrogens is 3. The number of nitrogens with zero attached hydrogens (tertiary/aromatic N) is 4. The molecule has 1 fully saturated rings. The van der Waals surface area contributed by atoms with Crippen molar-refractivity contribution in [2.75, 3.05) is 13.1 Å². The Labute approximate surface area is 171 Å². The van der Waals surface area contributed by atoms with Crippen LogP contribution in [0.2, 0.25) is 0 Å². The van der Waals surface area contributed by atoms with E-state index in [1.807, 2.05) is 61.1 Å². The third-order valence-electron chi connectivity index (χ3n) is 5.34. The third-order valence-corrected chi connectivity index (χ3v) is 5.34. The zero-order valence-corrected chi connectivity index (χ0v) is 17.6. The summed E-state index contributed by atoms with van der Waals surface area (Å²) in [4.78, 5) is 18.9. The number of hydrogen-bond acceptors (Lipinski definition) is 4. The van der Waals surface area contributed by atoms with Crippen LogP contribution in [-0.2, 0) is 4.74 Å². The summed E-state index contributed by atoms with van der Waals surface area (Å²) >= 11 is 0. The normalized spacial score (nSPS) is 17.5. The highest BCUT2D eigenvalue weighted by atomic mass is 16.6. The highest BCUT2D eigenvalue weighted by Gasteiger charge is 2.29. The summed E-state index contributed by atoms with van der Waals surface area (Å²) in [7, 11) is 0. The van der Waals surface area contributed by atoms with Crippen molar-refractivity contribution < 1.29 is 9.53 Å². The van der Waals surface area contributed by atoms with E-state index in [1.165, 1.54) is 5.39 Å². The van der Waals surface area contributed by atoms with Gasteiger partial charge in [0.2, 0.25) is 0 Å². The van der Waals surface area contributed by atoms with E-state index in [1.54, 1.807) is 0 Å². The summed E-state index contributed by atoms with van der Waals surface area (Å²) in [6.45, 7) is 9.16. The summed E-state index contributed by atoms with van der Waals surface area (Å²) in [5, 5.41) is 6.86. The lowest BCUT2D eigenvalue weighted by Gasteiger charge is -2.33. The Morgan fingerprint density at radius 1 is 1.17 bits per heavy atom. The molecule has 1 unspecified atom stereocenters. The molecule has 0 aliphatic carbocycles. The van der Waals surface area contributed by atoms with Crippen LogP contribution in [0.3, 0.4) is 0 Å². The molecule has 0 N–H and O–H groups in total. The lowest BCUT2D eigenvalue weighted by molar-refractivity contribution is 0.0198. The van der Waals surface area contributed by atoms with Crippen LogP contribution in [0.25, 0.3) is 16.6 Å². The average Bonchev–Trinajstić information content (AvgIpc) is 3.17. The van der Waals surface area contributed by atoms with E-state index in [0.717, 1.165) is 41.7 Å². The van der Waals surface area contributed by atoms with E-state index in [4.69, 9.17) is 4.74 Å². The molecule has 6 nitrogen and oxygen atoms in total. The molecule has 2 aromatic heterocycles. The monoisotopic (exact) mass is 392 g/mol. The number of amides is 1. The second-order valence-corrected chi connectivity index (χ2v) is 8.79. The van der Waals surface area contributed by atoms with Gasteiger partial charge >= 0.3 is 6.09 Å². The fourth-order valence-corrected chi connectivity index (χ4v) is 3.91. The van der Waals surface area contributed by atoms with Crippen LogP contribution in [-0.4, -0.2) is 44.4 Å². The number of rotatable bonds is 2. The Morgan fingerprint density at radius 2 is 1.93 bits per heavy atom. The minimum atomic E-state index is -0.479. The smallest absolute Gasteiger partial charge is 0.410 e. The molecule has 3 heterocycles. The molecule has 1 atom stereocenters. The Morgan fingerprint density at radius 3 is 2.69 bits per heavy atom. The standard InChI is InChI=1S/C23H28N4O2/c1-16-12-24-21(20-10-6-5-9-19(16)20)27-15-18(13-25-27)17-8-7-11-26(14-17)22(28)29-23(2,3)4/h5-6,9-10,12-13,15,17H,7-8,11,14H2,1-4H3. The van der Waals surface area contributed by atoms with Gasteiger partial charge in [0.25, 0.3) is 0 Å². The van der Waals surface area contributed by atoms with E-state index >= 15 is 0 Å². The van der Waals surface area contributed by atoms with Gasteiger partial charge in [-0.15, -0.1) is 0 Å². The second-order valence-electron chi connectivity index (χ2n) is 8.79. The van der Waals surface area contributed by atoms with Crippen molar-refractivity contribution in [2.24, 2.45) is 0 Å². The van der Waals surface area contributed by atoms with Crippen molar-refractivity contribution in [3.8, 4) is 5.82 Å². The molecular formula is C23H28N4O2. The first-order valence-corrected chi connectivity index (χ1v) is 10.2.